The van der Waals surface area contributed by atoms with Crippen LogP contribution in [0.1, 0.15) is 36.1 Å². The Kier molecular flexibility index (Phi) is 5.95. The van der Waals surface area contributed by atoms with Gasteiger partial charge in [0.25, 0.3) is 0 Å². The Morgan fingerprint density at radius 3 is 2.38 bits per heavy atom. The molecule has 0 bridgehead atoms. The molecule has 0 aliphatic heterocycles. The van der Waals surface area contributed by atoms with E-state index in [2.05, 4.69) is 25.2 Å². The van der Waals surface area contributed by atoms with Gasteiger partial charge in [-0.1, -0.05) is 53.9 Å². The molecule has 0 aliphatic carbocycles. The maximum atomic E-state index is 6.16. The number of benzene rings is 2. The second kappa shape index (κ2) is 7.51. The zero-order valence-electron chi connectivity index (χ0n) is 12.1. The van der Waals surface area contributed by atoms with Crippen molar-refractivity contribution >= 4 is 34.8 Å². The van der Waals surface area contributed by atoms with Gasteiger partial charge in [0.15, 0.2) is 0 Å². The summed E-state index contributed by atoms with van der Waals surface area (Å²) in [6, 6.07) is 11.8. The first-order chi connectivity index (χ1) is 10.0. The minimum absolute atomic E-state index is 0.0805. The van der Waals surface area contributed by atoms with Crippen LogP contribution in [0, 0.1) is 6.92 Å². The fourth-order valence-corrected chi connectivity index (χ4v) is 2.88. The summed E-state index contributed by atoms with van der Waals surface area (Å²) in [5.41, 5.74) is 3.46. The van der Waals surface area contributed by atoms with E-state index >= 15 is 0 Å². The van der Waals surface area contributed by atoms with Crippen molar-refractivity contribution in [3.8, 4) is 0 Å². The highest BCUT2D eigenvalue weighted by atomic mass is 35.5. The SMILES string of the molecule is CCCNC(c1ccc(Cl)c(Cl)c1)c1ccc(Cl)cc1C. The molecule has 1 nitrogen and oxygen atoms in total. The average Bonchev–Trinajstić information content (AvgIpc) is 2.44. The maximum absolute atomic E-state index is 6.16. The quantitative estimate of drug-likeness (QED) is 0.698. The topological polar surface area (TPSA) is 12.0 Å². The molecule has 0 amide bonds. The predicted octanol–water partition coefficient (Wildman–Crippen LogP) is 6.04. The van der Waals surface area contributed by atoms with Crippen molar-refractivity contribution in [2.75, 3.05) is 6.54 Å². The van der Waals surface area contributed by atoms with E-state index in [-0.39, 0.29) is 6.04 Å². The van der Waals surface area contributed by atoms with Gasteiger partial charge in [-0.2, -0.15) is 0 Å². The summed E-state index contributed by atoms with van der Waals surface area (Å²) in [6.45, 7) is 5.14. The smallest absolute Gasteiger partial charge is 0.0595 e. The van der Waals surface area contributed by atoms with Crippen molar-refractivity contribution < 1.29 is 0 Å². The van der Waals surface area contributed by atoms with Crippen LogP contribution < -0.4 is 5.32 Å². The van der Waals surface area contributed by atoms with Crippen molar-refractivity contribution in [1.82, 2.24) is 5.32 Å². The van der Waals surface area contributed by atoms with Gasteiger partial charge in [0.1, 0.15) is 0 Å². The van der Waals surface area contributed by atoms with E-state index in [1.807, 2.05) is 30.3 Å². The summed E-state index contributed by atoms with van der Waals surface area (Å²) >= 11 is 18.2. The van der Waals surface area contributed by atoms with Crippen LogP contribution >= 0.6 is 34.8 Å². The standard InChI is InChI=1S/C17H18Cl3N/c1-3-8-21-17(12-4-7-15(19)16(20)10-12)14-6-5-13(18)9-11(14)2/h4-7,9-10,17,21H,3,8H2,1-2H3. The van der Waals surface area contributed by atoms with Gasteiger partial charge in [-0.05, 0) is 60.8 Å². The molecule has 0 saturated carbocycles. The van der Waals surface area contributed by atoms with Gasteiger partial charge in [-0.25, -0.2) is 0 Å². The van der Waals surface area contributed by atoms with Gasteiger partial charge >= 0.3 is 0 Å². The van der Waals surface area contributed by atoms with Crippen molar-refractivity contribution in [2.45, 2.75) is 26.3 Å². The Bertz CT molecular complexity index is 625. The molecule has 2 rings (SSSR count). The summed E-state index contributed by atoms with van der Waals surface area (Å²) in [7, 11) is 0. The average molecular weight is 343 g/mol. The molecular formula is C17H18Cl3N. The van der Waals surface area contributed by atoms with Crippen molar-refractivity contribution in [3.63, 3.8) is 0 Å². The zero-order valence-corrected chi connectivity index (χ0v) is 14.4. The molecule has 1 N–H and O–H groups in total. The van der Waals surface area contributed by atoms with E-state index in [0.717, 1.165) is 29.1 Å². The summed E-state index contributed by atoms with van der Waals surface area (Å²) < 4.78 is 0. The van der Waals surface area contributed by atoms with Gasteiger partial charge < -0.3 is 5.32 Å². The molecule has 0 spiro atoms. The monoisotopic (exact) mass is 341 g/mol. The van der Waals surface area contributed by atoms with Gasteiger partial charge in [-0.3, -0.25) is 0 Å². The maximum Gasteiger partial charge on any atom is 0.0595 e. The lowest BCUT2D eigenvalue weighted by molar-refractivity contribution is 0.596. The molecule has 0 aliphatic rings. The zero-order chi connectivity index (χ0) is 15.4. The largest absolute Gasteiger partial charge is 0.306 e. The Hall–Kier alpha value is -0.730. The third-order valence-electron chi connectivity index (χ3n) is 3.42. The number of nitrogens with one attached hydrogen (secondary N) is 1. The normalized spacial score (nSPS) is 12.4. The first kappa shape index (κ1) is 16.6. The molecule has 2 aromatic rings. The predicted molar refractivity (Wildman–Crippen MR) is 92.8 cm³/mol. The first-order valence-corrected chi connectivity index (χ1v) is 8.10. The van der Waals surface area contributed by atoms with Crippen LogP contribution in [-0.2, 0) is 0 Å². The summed E-state index contributed by atoms with van der Waals surface area (Å²) in [5, 5.41) is 5.46. The number of hydrogen-bond donors (Lipinski definition) is 1. The fourth-order valence-electron chi connectivity index (χ4n) is 2.35. The lowest BCUT2D eigenvalue weighted by Crippen LogP contribution is -2.24. The van der Waals surface area contributed by atoms with Crippen LogP contribution in [0.5, 0.6) is 0 Å². The summed E-state index contributed by atoms with van der Waals surface area (Å²) in [5.74, 6) is 0. The second-order valence-electron chi connectivity index (χ2n) is 5.06. The summed E-state index contributed by atoms with van der Waals surface area (Å²) in [4.78, 5) is 0. The Labute approximate surface area is 141 Å². The highest BCUT2D eigenvalue weighted by Crippen LogP contribution is 2.31. The third kappa shape index (κ3) is 4.14. The Morgan fingerprint density at radius 1 is 1.00 bits per heavy atom. The van der Waals surface area contributed by atoms with Crippen LogP contribution in [0.2, 0.25) is 15.1 Å². The number of halogens is 3. The van der Waals surface area contributed by atoms with Crippen LogP contribution in [0.25, 0.3) is 0 Å². The molecule has 1 unspecified atom stereocenters. The van der Waals surface area contributed by atoms with Crippen molar-refractivity contribution in [3.05, 3.63) is 68.2 Å². The molecule has 0 saturated heterocycles. The van der Waals surface area contributed by atoms with E-state index in [1.54, 1.807) is 0 Å². The Morgan fingerprint density at radius 2 is 1.76 bits per heavy atom. The number of hydrogen-bond acceptors (Lipinski definition) is 1. The minimum atomic E-state index is 0.0805. The minimum Gasteiger partial charge on any atom is -0.306 e. The lowest BCUT2D eigenvalue weighted by atomic mass is 9.95. The summed E-state index contributed by atoms with van der Waals surface area (Å²) in [6.07, 6.45) is 1.06. The van der Waals surface area contributed by atoms with Crippen molar-refractivity contribution in [2.24, 2.45) is 0 Å². The molecule has 112 valence electrons. The van der Waals surface area contributed by atoms with Crippen molar-refractivity contribution in [1.29, 1.82) is 0 Å². The molecule has 0 aromatic heterocycles. The molecule has 1 atom stereocenters. The third-order valence-corrected chi connectivity index (χ3v) is 4.39. The second-order valence-corrected chi connectivity index (χ2v) is 6.31. The fraction of sp³-hybridized carbons (Fsp3) is 0.294. The number of rotatable bonds is 5. The molecule has 0 radical (unpaired) electrons. The highest BCUT2D eigenvalue weighted by Gasteiger charge is 2.16. The van der Waals surface area contributed by atoms with E-state index in [0.29, 0.717) is 10.0 Å². The highest BCUT2D eigenvalue weighted by molar-refractivity contribution is 6.42. The molecule has 21 heavy (non-hydrogen) atoms. The van der Waals surface area contributed by atoms with E-state index < -0.39 is 0 Å². The number of aryl methyl sites for hydroxylation is 1. The lowest BCUT2D eigenvalue weighted by Gasteiger charge is -2.22. The van der Waals surface area contributed by atoms with Crippen LogP contribution in [-0.4, -0.2) is 6.54 Å². The molecule has 2 aromatic carbocycles. The molecule has 0 fully saturated rings. The van der Waals surface area contributed by atoms with Gasteiger partial charge in [0.2, 0.25) is 0 Å². The van der Waals surface area contributed by atoms with Gasteiger partial charge in [-0.15, -0.1) is 0 Å². The van der Waals surface area contributed by atoms with Gasteiger partial charge in [0, 0.05) is 5.02 Å². The van der Waals surface area contributed by atoms with E-state index in [4.69, 9.17) is 34.8 Å². The molecule has 4 heteroatoms. The van der Waals surface area contributed by atoms with Gasteiger partial charge in [0.05, 0.1) is 16.1 Å². The first-order valence-electron chi connectivity index (χ1n) is 6.97. The van der Waals surface area contributed by atoms with Crippen LogP contribution in [0.3, 0.4) is 0 Å². The Balaban J connectivity index is 2.44. The van der Waals surface area contributed by atoms with Crippen LogP contribution in [0.4, 0.5) is 0 Å². The molecule has 0 heterocycles. The van der Waals surface area contributed by atoms with E-state index in [1.165, 1.54) is 5.56 Å². The molecular weight excluding hydrogens is 325 g/mol. The van der Waals surface area contributed by atoms with Crippen LogP contribution in [0.15, 0.2) is 36.4 Å². The van der Waals surface area contributed by atoms with E-state index in [9.17, 15) is 0 Å².